The molecule has 0 aromatic heterocycles. The van der Waals surface area contributed by atoms with E-state index in [1.165, 1.54) is 48.5 Å². The number of esters is 1. The number of phenols is 2. The largest absolute Gasteiger partial charge is 0.508 e. The summed E-state index contributed by atoms with van der Waals surface area (Å²) in [5.41, 5.74) is 0.981. The van der Waals surface area contributed by atoms with Crippen LogP contribution in [0.2, 0.25) is 0 Å². The second-order valence-electron chi connectivity index (χ2n) is 4.68. The standard InChI is InChI=1S/C16H13NO7/c18-13-7-12(8-14(19)9-13)3-6-16(20)24-15-4-1-11(2-5-15)10-23-17(21)22/h1-9,18-19H,10H2/b6-3+. The van der Waals surface area contributed by atoms with Crippen molar-refractivity contribution in [3.63, 3.8) is 0 Å². The molecular formula is C16H13NO7. The first-order valence-electron chi connectivity index (χ1n) is 6.71. The highest BCUT2D eigenvalue weighted by atomic mass is 16.9. The molecule has 0 bridgehead atoms. The Labute approximate surface area is 136 Å². The number of nitrogens with zero attached hydrogens (tertiary/aromatic N) is 1. The number of carbonyl (C=O) groups is 1. The highest BCUT2D eigenvalue weighted by Crippen LogP contribution is 2.21. The molecule has 0 unspecified atom stereocenters. The van der Waals surface area contributed by atoms with Gasteiger partial charge in [-0.1, -0.05) is 12.1 Å². The van der Waals surface area contributed by atoms with Gasteiger partial charge in [0.25, 0.3) is 5.09 Å². The van der Waals surface area contributed by atoms with E-state index >= 15 is 0 Å². The lowest BCUT2D eigenvalue weighted by atomic mass is 10.2. The lowest BCUT2D eigenvalue weighted by molar-refractivity contribution is -0.763. The Bertz CT molecular complexity index is 748. The lowest BCUT2D eigenvalue weighted by Crippen LogP contribution is -2.04. The number of phenolic OH excluding ortho intramolecular Hbond substituents is 2. The molecule has 24 heavy (non-hydrogen) atoms. The minimum Gasteiger partial charge on any atom is -0.508 e. The summed E-state index contributed by atoms with van der Waals surface area (Å²) < 4.78 is 5.05. The van der Waals surface area contributed by atoms with E-state index in [9.17, 15) is 25.1 Å². The second kappa shape index (κ2) is 7.63. The van der Waals surface area contributed by atoms with Gasteiger partial charge < -0.3 is 19.8 Å². The molecule has 8 heteroatoms. The van der Waals surface area contributed by atoms with Gasteiger partial charge in [0.15, 0.2) is 0 Å². The average molecular weight is 331 g/mol. The molecule has 0 aliphatic rings. The predicted molar refractivity (Wildman–Crippen MR) is 82.7 cm³/mol. The van der Waals surface area contributed by atoms with Crippen molar-refractivity contribution < 1.29 is 29.7 Å². The molecule has 0 heterocycles. The summed E-state index contributed by atoms with van der Waals surface area (Å²) in [5, 5.41) is 27.9. The van der Waals surface area contributed by atoms with Crippen LogP contribution >= 0.6 is 0 Å². The Balaban J connectivity index is 1.94. The van der Waals surface area contributed by atoms with Crippen molar-refractivity contribution in [1.29, 1.82) is 0 Å². The maximum absolute atomic E-state index is 11.7. The molecular weight excluding hydrogens is 318 g/mol. The lowest BCUT2D eigenvalue weighted by Gasteiger charge is -2.03. The zero-order valence-corrected chi connectivity index (χ0v) is 12.3. The number of hydrogen-bond donors (Lipinski definition) is 2. The van der Waals surface area contributed by atoms with Crippen LogP contribution in [0.3, 0.4) is 0 Å². The van der Waals surface area contributed by atoms with Crippen molar-refractivity contribution >= 4 is 12.0 Å². The summed E-state index contributed by atoms with van der Waals surface area (Å²) in [6.45, 7) is -0.192. The third kappa shape index (κ3) is 5.34. The van der Waals surface area contributed by atoms with E-state index in [1.807, 2.05) is 0 Å². The maximum Gasteiger partial charge on any atom is 0.336 e. The van der Waals surface area contributed by atoms with Crippen LogP contribution in [0.1, 0.15) is 11.1 Å². The zero-order chi connectivity index (χ0) is 17.5. The Morgan fingerprint density at radius 2 is 1.75 bits per heavy atom. The van der Waals surface area contributed by atoms with Crippen LogP contribution in [0.4, 0.5) is 0 Å². The maximum atomic E-state index is 11.7. The van der Waals surface area contributed by atoms with E-state index in [-0.39, 0.29) is 23.9 Å². The molecule has 2 aromatic rings. The number of carbonyl (C=O) groups excluding carboxylic acids is 1. The van der Waals surface area contributed by atoms with Gasteiger partial charge in [-0.2, -0.15) is 0 Å². The molecule has 8 nitrogen and oxygen atoms in total. The van der Waals surface area contributed by atoms with Gasteiger partial charge in [-0.05, 0) is 41.5 Å². The number of hydrogen-bond acceptors (Lipinski definition) is 7. The Morgan fingerprint density at radius 1 is 1.12 bits per heavy atom. The van der Waals surface area contributed by atoms with Gasteiger partial charge >= 0.3 is 5.97 Å². The fourth-order valence-corrected chi connectivity index (χ4v) is 1.81. The van der Waals surface area contributed by atoms with E-state index in [4.69, 9.17) is 4.74 Å². The quantitative estimate of drug-likeness (QED) is 0.274. The summed E-state index contributed by atoms with van der Waals surface area (Å²) in [5.74, 6) is -0.661. The Kier molecular flexibility index (Phi) is 5.35. The molecule has 0 spiro atoms. The summed E-state index contributed by atoms with van der Waals surface area (Å²) in [6, 6.07) is 9.92. The first kappa shape index (κ1) is 16.8. The Hall–Kier alpha value is -3.55. The fourth-order valence-electron chi connectivity index (χ4n) is 1.81. The molecule has 0 saturated carbocycles. The number of ether oxygens (including phenoxy) is 1. The van der Waals surface area contributed by atoms with Crippen molar-refractivity contribution in [2.24, 2.45) is 0 Å². The number of benzene rings is 2. The van der Waals surface area contributed by atoms with Crippen LogP contribution in [-0.2, 0) is 16.2 Å². The van der Waals surface area contributed by atoms with E-state index in [2.05, 4.69) is 4.84 Å². The molecule has 0 aliphatic heterocycles. The highest BCUT2D eigenvalue weighted by Gasteiger charge is 2.03. The molecule has 0 amide bonds. The molecule has 0 radical (unpaired) electrons. The molecule has 0 aliphatic carbocycles. The molecule has 0 fully saturated rings. The van der Waals surface area contributed by atoms with Crippen molar-refractivity contribution in [1.82, 2.24) is 0 Å². The SMILES string of the molecule is O=C(/C=C/c1cc(O)cc(O)c1)Oc1ccc(CO[N+](=O)[O-])cc1. The third-order valence-electron chi connectivity index (χ3n) is 2.82. The van der Waals surface area contributed by atoms with E-state index in [0.29, 0.717) is 11.1 Å². The van der Waals surface area contributed by atoms with Gasteiger partial charge in [-0.15, -0.1) is 10.1 Å². The van der Waals surface area contributed by atoms with Gasteiger partial charge in [-0.3, -0.25) is 0 Å². The van der Waals surface area contributed by atoms with Crippen LogP contribution in [0.5, 0.6) is 17.2 Å². The number of aromatic hydroxyl groups is 2. The van der Waals surface area contributed by atoms with Gasteiger partial charge in [0.05, 0.1) is 0 Å². The fraction of sp³-hybridized carbons (Fsp3) is 0.0625. The van der Waals surface area contributed by atoms with Gasteiger partial charge in [-0.25, -0.2) is 4.79 Å². The molecule has 2 aromatic carbocycles. The van der Waals surface area contributed by atoms with Crippen molar-refractivity contribution in [2.45, 2.75) is 6.61 Å². The molecule has 124 valence electrons. The number of rotatable bonds is 6. The van der Waals surface area contributed by atoms with Crippen LogP contribution < -0.4 is 4.74 Å². The minimum atomic E-state index is -0.891. The van der Waals surface area contributed by atoms with Crippen LogP contribution in [0, 0.1) is 10.1 Å². The van der Waals surface area contributed by atoms with E-state index in [0.717, 1.165) is 6.08 Å². The third-order valence-corrected chi connectivity index (χ3v) is 2.82. The highest BCUT2D eigenvalue weighted by molar-refractivity contribution is 5.88. The minimum absolute atomic E-state index is 0.129. The molecule has 0 atom stereocenters. The second-order valence-corrected chi connectivity index (χ2v) is 4.68. The predicted octanol–water partition coefficient (Wildman–Crippen LogP) is 2.42. The first-order valence-corrected chi connectivity index (χ1v) is 6.71. The van der Waals surface area contributed by atoms with Crippen molar-refractivity contribution in [3.8, 4) is 17.2 Å². The van der Waals surface area contributed by atoms with E-state index < -0.39 is 11.1 Å². The van der Waals surface area contributed by atoms with Crippen LogP contribution in [-0.4, -0.2) is 21.3 Å². The topological polar surface area (TPSA) is 119 Å². The molecule has 2 N–H and O–H groups in total. The van der Waals surface area contributed by atoms with Gasteiger partial charge in [0.1, 0.15) is 23.9 Å². The Morgan fingerprint density at radius 3 is 2.33 bits per heavy atom. The summed E-state index contributed by atoms with van der Waals surface area (Å²) in [4.78, 5) is 26.0. The average Bonchev–Trinajstić information content (AvgIpc) is 2.51. The molecule has 2 rings (SSSR count). The molecule has 0 saturated heterocycles. The first-order chi connectivity index (χ1) is 11.4. The zero-order valence-electron chi connectivity index (χ0n) is 12.3. The normalized spacial score (nSPS) is 10.5. The smallest absolute Gasteiger partial charge is 0.336 e. The summed E-state index contributed by atoms with van der Waals surface area (Å²) >= 11 is 0. The van der Waals surface area contributed by atoms with Crippen molar-refractivity contribution in [3.05, 3.63) is 69.8 Å². The van der Waals surface area contributed by atoms with Crippen LogP contribution in [0.25, 0.3) is 6.08 Å². The van der Waals surface area contributed by atoms with Gasteiger partial charge in [0, 0.05) is 12.1 Å². The van der Waals surface area contributed by atoms with Crippen molar-refractivity contribution in [2.75, 3.05) is 0 Å². The van der Waals surface area contributed by atoms with Crippen LogP contribution in [0.15, 0.2) is 48.5 Å². The van der Waals surface area contributed by atoms with E-state index in [1.54, 1.807) is 0 Å². The summed E-state index contributed by atoms with van der Waals surface area (Å²) in [6.07, 6.45) is 2.51. The summed E-state index contributed by atoms with van der Waals surface area (Å²) in [7, 11) is 0. The van der Waals surface area contributed by atoms with Gasteiger partial charge in [0.2, 0.25) is 0 Å². The monoisotopic (exact) mass is 331 g/mol.